The molecule has 0 saturated carbocycles. The summed E-state index contributed by atoms with van der Waals surface area (Å²) in [7, 11) is 0. The third kappa shape index (κ3) is 3.45. The molecule has 5 N–H and O–H groups in total. The summed E-state index contributed by atoms with van der Waals surface area (Å²) in [6, 6.07) is 5.53. The van der Waals surface area contributed by atoms with E-state index in [0.717, 1.165) is 16.9 Å². The number of nitrogens with zero attached hydrogens (tertiary/aromatic N) is 4. The lowest BCUT2D eigenvalue weighted by Gasteiger charge is -2.26. The number of nitrogens with two attached hydrogens (primary N) is 1. The van der Waals surface area contributed by atoms with Crippen LogP contribution in [-0.2, 0) is 4.79 Å². The van der Waals surface area contributed by atoms with Crippen molar-refractivity contribution in [2.24, 2.45) is 16.3 Å². The van der Waals surface area contributed by atoms with Gasteiger partial charge < -0.3 is 10.7 Å². The molecular weight excluding hydrogens is 322 g/mol. The van der Waals surface area contributed by atoms with Gasteiger partial charge in [-0.25, -0.2) is 10.5 Å². The maximum absolute atomic E-state index is 11.1. The highest BCUT2D eigenvalue weighted by molar-refractivity contribution is 5.86. The SMILES string of the molecule is CC(C)C(c1nc2c(N)cccc2[nH]1)N1C/C(=C/CC(=O)NO)N=N1. The van der Waals surface area contributed by atoms with Crippen LogP contribution in [0.25, 0.3) is 11.0 Å². The number of benzene rings is 1. The maximum Gasteiger partial charge on any atom is 0.247 e. The summed E-state index contributed by atoms with van der Waals surface area (Å²) < 4.78 is 0. The van der Waals surface area contributed by atoms with Gasteiger partial charge >= 0.3 is 0 Å². The lowest BCUT2D eigenvalue weighted by molar-refractivity contribution is -0.128. The van der Waals surface area contributed by atoms with Crippen LogP contribution < -0.4 is 11.2 Å². The monoisotopic (exact) mass is 343 g/mol. The second-order valence-electron chi connectivity index (χ2n) is 6.28. The largest absolute Gasteiger partial charge is 0.397 e. The van der Waals surface area contributed by atoms with Gasteiger partial charge in [-0.2, -0.15) is 0 Å². The predicted octanol–water partition coefficient (Wildman–Crippen LogP) is 2.30. The third-order valence-corrected chi connectivity index (χ3v) is 4.05. The Balaban J connectivity index is 1.83. The number of hydrogen-bond donors (Lipinski definition) is 4. The third-order valence-electron chi connectivity index (χ3n) is 4.05. The van der Waals surface area contributed by atoms with Gasteiger partial charge in [0.25, 0.3) is 0 Å². The standard InChI is InChI=1S/C16H21N7O2/c1-9(2)15(16-18-12-5-3-4-11(17)14(12)19-16)23-8-10(20-22-23)6-7-13(24)21-25/h3-6,9,15,25H,7-8,17H2,1-2H3,(H,18,19)(H,21,24)/b10-6-. The molecule has 0 aliphatic carbocycles. The number of nitrogens with one attached hydrogen (secondary N) is 2. The Morgan fingerprint density at radius 2 is 2.32 bits per heavy atom. The molecule has 0 radical (unpaired) electrons. The molecule has 2 aromatic rings. The molecule has 1 aromatic heterocycles. The first-order valence-electron chi connectivity index (χ1n) is 8.04. The maximum atomic E-state index is 11.1. The van der Waals surface area contributed by atoms with E-state index in [4.69, 9.17) is 10.9 Å². The Hall–Kier alpha value is -2.94. The van der Waals surface area contributed by atoms with E-state index in [9.17, 15) is 4.79 Å². The van der Waals surface area contributed by atoms with E-state index in [1.807, 2.05) is 23.2 Å². The van der Waals surface area contributed by atoms with Gasteiger partial charge in [0.2, 0.25) is 5.91 Å². The molecule has 9 heteroatoms. The fraction of sp³-hybridized carbons (Fsp3) is 0.375. The summed E-state index contributed by atoms with van der Waals surface area (Å²) in [5, 5.41) is 18.7. The van der Waals surface area contributed by atoms with Gasteiger partial charge in [-0.3, -0.25) is 15.0 Å². The van der Waals surface area contributed by atoms with Crippen molar-refractivity contribution in [3.8, 4) is 0 Å². The molecule has 0 saturated heterocycles. The van der Waals surface area contributed by atoms with Gasteiger partial charge in [-0.1, -0.05) is 25.1 Å². The molecule has 3 rings (SSSR count). The minimum Gasteiger partial charge on any atom is -0.397 e. The van der Waals surface area contributed by atoms with E-state index >= 15 is 0 Å². The molecule has 1 aromatic carbocycles. The van der Waals surface area contributed by atoms with E-state index in [2.05, 4.69) is 34.2 Å². The number of carbonyl (C=O) groups is 1. The van der Waals surface area contributed by atoms with E-state index in [1.165, 1.54) is 0 Å². The van der Waals surface area contributed by atoms with Gasteiger partial charge in [0.05, 0.1) is 23.4 Å². The van der Waals surface area contributed by atoms with Gasteiger partial charge in [0.1, 0.15) is 17.4 Å². The number of rotatable bonds is 5. The molecule has 25 heavy (non-hydrogen) atoms. The van der Waals surface area contributed by atoms with Crippen molar-refractivity contribution in [1.82, 2.24) is 20.5 Å². The summed E-state index contributed by atoms with van der Waals surface area (Å²) in [6.07, 6.45) is 1.69. The zero-order valence-corrected chi connectivity index (χ0v) is 14.1. The molecule has 0 spiro atoms. The lowest BCUT2D eigenvalue weighted by Crippen LogP contribution is -2.27. The predicted molar refractivity (Wildman–Crippen MR) is 92.3 cm³/mol. The van der Waals surface area contributed by atoms with E-state index in [0.29, 0.717) is 17.9 Å². The smallest absolute Gasteiger partial charge is 0.247 e. The highest BCUT2D eigenvalue weighted by Gasteiger charge is 2.29. The highest BCUT2D eigenvalue weighted by atomic mass is 16.5. The number of amides is 1. The number of carbonyl (C=O) groups excluding carboxylic acids is 1. The number of aromatic amines is 1. The number of fused-ring (bicyclic) bond motifs is 1. The van der Waals surface area contributed by atoms with Crippen LogP contribution >= 0.6 is 0 Å². The normalized spacial score (nSPS) is 17.0. The van der Waals surface area contributed by atoms with Crippen molar-refractivity contribution in [1.29, 1.82) is 0 Å². The van der Waals surface area contributed by atoms with Crippen molar-refractivity contribution < 1.29 is 10.0 Å². The molecule has 1 amide bonds. The zero-order valence-electron chi connectivity index (χ0n) is 14.1. The van der Waals surface area contributed by atoms with Gasteiger partial charge in [0.15, 0.2) is 0 Å². The Morgan fingerprint density at radius 1 is 1.52 bits per heavy atom. The van der Waals surface area contributed by atoms with Crippen molar-refractivity contribution in [3.05, 3.63) is 35.8 Å². The minimum absolute atomic E-state index is 0.0478. The summed E-state index contributed by atoms with van der Waals surface area (Å²) >= 11 is 0. The van der Waals surface area contributed by atoms with Crippen LogP contribution in [0.2, 0.25) is 0 Å². The second kappa shape index (κ2) is 6.89. The average Bonchev–Trinajstić information content (AvgIpc) is 3.20. The number of imidazole rings is 1. The fourth-order valence-corrected chi connectivity index (χ4v) is 2.87. The van der Waals surface area contributed by atoms with Gasteiger partial charge in [-0.05, 0) is 24.1 Å². The van der Waals surface area contributed by atoms with Crippen LogP contribution in [0.5, 0.6) is 0 Å². The Labute approximate surface area is 144 Å². The van der Waals surface area contributed by atoms with E-state index in [1.54, 1.807) is 11.6 Å². The Bertz CT molecular complexity index is 840. The van der Waals surface area contributed by atoms with Crippen LogP contribution in [0.4, 0.5) is 5.69 Å². The van der Waals surface area contributed by atoms with Crippen LogP contribution in [0.1, 0.15) is 32.1 Å². The van der Waals surface area contributed by atoms with E-state index < -0.39 is 5.91 Å². The molecule has 1 aliphatic rings. The Kier molecular flexibility index (Phi) is 4.66. The second-order valence-corrected chi connectivity index (χ2v) is 6.28. The first-order valence-corrected chi connectivity index (χ1v) is 8.04. The van der Waals surface area contributed by atoms with E-state index in [-0.39, 0.29) is 18.4 Å². The summed E-state index contributed by atoms with van der Waals surface area (Å²) in [5.41, 5.74) is 10.5. The number of aromatic nitrogens is 2. The number of anilines is 1. The minimum atomic E-state index is -0.491. The number of nitrogen functional groups attached to an aromatic ring is 1. The molecule has 1 aliphatic heterocycles. The first kappa shape index (κ1) is 16.9. The summed E-state index contributed by atoms with van der Waals surface area (Å²) in [4.78, 5) is 19.1. The molecule has 132 valence electrons. The molecule has 1 atom stereocenters. The summed E-state index contributed by atoms with van der Waals surface area (Å²) in [6.45, 7) is 4.63. The molecule has 0 bridgehead atoms. The number of hydroxylamine groups is 1. The number of H-pyrrole nitrogens is 1. The van der Waals surface area contributed by atoms with Crippen molar-refractivity contribution >= 4 is 22.6 Å². The summed E-state index contributed by atoms with van der Waals surface area (Å²) in [5.74, 6) is 0.506. The lowest BCUT2D eigenvalue weighted by atomic mass is 10.0. The first-order chi connectivity index (χ1) is 12.0. The zero-order chi connectivity index (χ0) is 18.0. The van der Waals surface area contributed by atoms with Crippen LogP contribution in [0.15, 0.2) is 40.3 Å². The molecule has 0 fully saturated rings. The van der Waals surface area contributed by atoms with Crippen LogP contribution in [-0.4, -0.2) is 32.6 Å². The highest BCUT2D eigenvalue weighted by Crippen LogP contribution is 2.33. The molecule has 2 heterocycles. The Morgan fingerprint density at radius 3 is 3.00 bits per heavy atom. The van der Waals surface area contributed by atoms with Crippen molar-refractivity contribution in [3.63, 3.8) is 0 Å². The quantitative estimate of drug-likeness (QED) is 0.376. The molecule has 9 nitrogen and oxygen atoms in total. The fourth-order valence-electron chi connectivity index (χ4n) is 2.87. The number of hydrogen-bond acceptors (Lipinski definition) is 7. The number of para-hydroxylation sites is 1. The molecular formula is C16H21N7O2. The topological polar surface area (TPSA) is 132 Å². The van der Waals surface area contributed by atoms with Crippen molar-refractivity contribution in [2.75, 3.05) is 12.3 Å². The molecule has 1 unspecified atom stereocenters. The van der Waals surface area contributed by atoms with Crippen LogP contribution in [0.3, 0.4) is 0 Å². The van der Waals surface area contributed by atoms with Crippen molar-refractivity contribution in [2.45, 2.75) is 26.3 Å². The van der Waals surface area contributed by atoms with Crippen LogP contribution in [0, 0.1) is 5.92 Å². The average molecular weight is 343 g/mol. The van der Waals surface area contributed by atoms with Gasteiger partial charge in [0, 0.05) is 6.42 Å². The van der Waals surface area contributed by atoms with Gasteiger partial charge in [-0.15, -0.1) is 5.11 Å².